The van der Waals surface area contributed by atoms with E-state index in [0.717, 1.165) is 13.0 Å². The van der Waals surface area contributed by atoms with Gasteiger partial charge in [-0.1, -0.05) is 45.4 Å². The van der Waals surface area contributed by atoms with Crippen molar-refractivity contribution in [2.75, 3.05) is 6.61 Å². The van der Waals surface area contributed by atoms with Crippen LogP contribution >= 0.6 is 0 Å². The molecule has 0 aromatic carbocycles. The number of ether oxygens (including phenoxy) is 1. The Hall–Kier alpha value is -0.0800. The van der Waals surface area contributed by atoms with E-state index < -0.39 is 11.2 Å². The molecule has 0 radical (unpaired) electrons. The van der Waals surface area contributed by atoms with Crippen LogP contribution in [-0.2, 0) is 4.74 Å². The van der Waals surface area contributed by atoms with Crippen molar-refractivity contribution in [3.8, 4) is 0 Å². The van der Waals surface area contributed by atoms with Crippen LogP contribution in [-0.4, -0.2) is 22.9 Å². The first-order valence-electron chi connectivity index (χ1n) is 7.17. The van der Waals surface area contributed by atoms with Crippen molar-refractivity contribution in [1.29, 1.82) is 0 Å². The number of hydrogen-bond acceptors (Lipinski definition) is 2. The van der Waals surface area contributed by atoms with Crippen molar-refractivity contribution in [2.45, 2.75) is 90.8 Å². The van der Waals surface area contributed by atoms with Crippen LogP contribution in [0.25, 0.3) is 0 Å². The molecule has 2 heteroatoms. The normalized spacial score (nSPS) is 13.1. The first-order valence-corrected chi connectivity index (χ1v) is 7.17. The molecule has 17 heavy (non-hydrogen) atoms. The molecule has 0 heterocycles. The molecule has 0 bridgehead atoms. The maximum Gasteiger partial charge on any atom is 0.0906 e. The Morgan fingerprint density at radius 1 is 0.824 bits per heavy atom. The first-order chi connectivity index (χ1) is 7.81. The summed E-state index contributed by atoms with van der Waals surface area (Å²) >= 11 is 0. The second-order valence-corrected chi connectivity index (χ2v) is 6.04. The molecule has 1 N–H and O–H groups in total. The fourth-order valence-electron chi connectivity index (χ4n) is 1.56. The van der Waals surface area contributed by atoms with E-state index in [-0.39, 0.29) is 0 Å². The Balaban J connectivity index is 3.46. The lowest BCUT2D eigenvalue weighted by Gasteiger charge is -2.37. The molecule has 0 aliphatic heterocycles. The third-order valence-corrected chi connectivity index (χ3v) is 3.68. The molecule has 0 fully saturated rings. The van der Waals surface area contributed by atoms with Crippen molar-refractivity contribution in [2.24, 2.45) is 0 Å². The number of hydrogen-bond donors (Lipinski definition) is 1. The van der Waals surface area contributed by atoms with Crippen LogP contribution in [0.15, 0.2) is 0 Å². The van der Waals surface area contributed by atoms with Gasteiger partial charge >= 0.3 is 0 Å². The minimum absolute atomic E-state index is 0.463. The summed E-state index contributed by atoms with van der Waals surface area (Å²) in [5, 5.41) is 9.92. The van der Waals surface area contributed by atoms with Gasteiger partial charge in [0.2, 0.25) is 0 Å². The minimum Gasteiger partial charge on any atom is -0.387 e. The van der Waals surface area contributed by atoms with Crippen LogP contribution < -0.4 is 0 Å². The van der Waals surface area contributed by atoms with E-state index in [0.29, 0.717) is 0 Å². The van der Waals surface area contributed by atoms with Gasteiger partial charge < -0.3 is 9.84 Å². The molecule has 0 aromatic heterocycles. The number of aliphatic hydroxyl groups is 1. The van der Waals surface area contributed by atoms with Gasteiger partial charge in [0.25, 0.3) is 0 Å². The van der Waals surface area contributed by atoms with Gasteiger partial charge in [-0.3, -0.25) is 0 Å². The average Bonchev–Trinajstić information content (AvgIpc) is 2.20. The molecule has 0 spiro atoms. The molecular weight excluding hydrogens is 212 g/mol. The van der Waals surface area contributed by atoms with E-state index >= 15 is 0 Å². The van der Waals surface area contributed by atoms with E-state index in [9.17, 15) is 5.11 Å². The Bertz CT molecular complexity index is 180. The standard InChI is InChI=1S/C15H32O2/c1-6-7-8-9-10-11-12-13-17-15(4,5)14(2,3)16/h16H,6-13H2,1-5H3. The zero-order valence-corrected chi connectivity index (χ0v) is 12.5. The fourth-order valence-corrected chi connectivity index (χ4v) is 1.56. The first kappa shape index (κ1) is 16.9. The van der Waals surface area contributed by atoms with Crippen LogP contribution in [0.2, 0.25) is 0 Å². The average molecular weight is 244 g/mol. The summed E-state index contributed by atoms with van der Waals surface area (Å²) in [7, 11) is 0. The summed E-state index contributed by atoms with van der Waals surface area (Å²) in [6, 6.07) is 0. The summed E-state index contributed by atoms with van der Waals surface area (Å²) in [4.78, 5) is 0. The smallest absolute Gasteiger partial charge is 0.0906 e. The lowest BCUT2D eigenvalue weighted by molar-refractivity contribution is -0.147. The van der Waals surface area contributed by atoms with E-state index in [1.54, 1.807) is 13.8 Å². The monoisotopic (exact) mass is 244 g/mol. The molecule has 0 aromatic rings. The summed E-state index contributed by atoms with van der Waals surface area (Å²) < 4.78 is 5.77. The van der Waals surface area contributed by atoms with Crippen LogP contribution in [0.1, 0.15) is 79.6 Å². The highest BCUT2D eigenvalue weighted by Crippen LogP contribution is 2.25. The van der Waals surface area contributed by atoms with Crippen LogP contribution in [0.5, 0.6) is 0 Å². The minimum atomic E-state index is -0.784. The highest BCUT2D eigenvalue weighted by Gasteiger charge is 2.35. The predicted octanol–water partition coefficient (Wildman–Crippen LogP) is 4.30. The summed E-state index contributed by atoms with van der Waals surface area (Å²) in [6.45, 7) is 10.5. The van der Waals surface area contributed by atoms with Crippen LogP contribution in [0, 0.1) is 0 Å². The van der Waals surface area contributed by atoms with Gasteiger partial charge in [0.1, 0.15) is 0 Å². The fraction of sp³-hybridized carbons (Fsp3) is 1.00. The molecule has 0 saturated carbocycles. The van der Waals surface area contributed by atoms with Crippen molar-refractivity contribution < 1.29 is 9.84 Å². The molecule has 104 valence electrons. The Kier molecular flexibility index (Phi) is 8.06. The second kappa shape index (κ2) is 8.10. The Morgan fingerprint density at radius 2 is 1.29 bits per heavy atom. The highest BCUT2D eigenvalue weighted by atomic mass is 16.5. The predicted molar refractivity (Wildman–Crippen MR) is 74.3 cm³/mol. The van der Waals surface area contributed by atoms with Gasteiger partial charge in [-0.15, -0.1) is 0 Å². The maximum atomic E-state index is 9.92. The second-order valence-electron chi connectivity index (χ2n) is 6.04. The topological polar surface area (TPSA) is 29.5 Å². The Morgan fingerprint density at radius 3 is 1.76 bits per heavy atom. The lowest BCUT2D eigenvalue weighted by atomic mass is 9.89. The van der Waals surface area contributed by atoms with Crippen molar-refractivity contribution >= 4 is 0 Å². The van der Waals surface area contributed by atoms with E-state index in [1.165, 1.54) is 38.5 Å². The molecule has 2 nitrogen and oxygen atoms in total. The molecule has 0 aliphatic rings. The zero-order valence-electron chi connectivity index (χ0n) is 12.5. The maximum absolute atomic E-state index is 9.92. The molecule has 0 unspecified atom stereocenters. The van der Waals surface area contributed by atoms with Gasteiger partial charge in [-0.25, -0.2) is 0 Å². The zero-order chi connectivity index (χ0) is 13.4. The third kappa shape index (κ3) is 7.77. The van der Waals surface area contributed by atoms with Gasteiger partial charge in [-0.05, 0) is 34.1 Å². The SMILES string of the molecule is CCCCCCCCCOC(C)(C)C(C)(C)O. The van der Waals surface area contributed by atoms with Gasteiger partial charge in [-0.2, -0.15) is 0 Å². The van der Waals surface area contributed by atoms with Gasteiger partial charge in [0.05, 0.1) is 11.2 Å². The van der Waals surface area contributed by atoms with Crippen molar-refractivity contribution in [1.82, 2.24) is 0 Å². The van der Waals surface area contributed by atoms with E-state index in [4.69, 9.17) is 4.74 Å². The molecule has 0 saturated heterocycles. The Labute approximate surface area is 108 Å². The van der Waals surface area contributed by atoms with E-state index in [2.05, 4.69) is 6.92 Å². The summed E-state index contributed by atoms with van der Waals surface area (Å²) in [5.74, 6) is 0. The van der Waals surface area contributed by atoms with Gasteiger partial charge in [0.15, 0.2) is 0 Å². The molecule has 0 rings (SSSR count). The lowest BCUT2D eigenvalue weighted by Crippen LogP contribution is -2.47. The van der Waals surface area contributed by atoms with E-state index in [1.807, 2.05) is 13.8 Å². The van der Waals surface area contributed by atoms with Crippen molar-refractivity contribution in [3.63, 3.8) is 0 Å². The quantitative estimate of drug-likeness (QED) is 0.580. The summed E-state index contributed by atoms with van der Waals surface area (Å²) in [6.07, 6.45) is 9.05. The molecule has 0 amide bonds. The number of rotatable bonds is 10. The summed E-state index contributed by atoms with van der Waals surface area (Å²) in [5.41, 5.74) is -1.25. The van der Waals surface area contributed by atoms with Gasteiger partial charge in [0, 0.05) is 6.61 Å². The van der Waals surface area contributed by atoms with Crippen molar-refractivity contribution in [3.05, 3.63) is 0 Å². The molecular formula is C15H32O2. The largest absolute Gasteiger partial charge is 0.387 e. The third-order valence-electron chi connectivity index (χ3n) is 3.68. The van der Waals surface area contributed by atoms with Crippen LogP contribution in [0.4, 0.5) is 0 Å². The number of unbranched alkanes of at least 4 members (excludes halogenated alkanes) is 6. The van der Waals surface area contributed by atoms with Crippen LogP contribution in [0.3, 0.4) is 0 Å². The molecule has 0 atom stereocenters. The highest BCUT2D eigenvalue weighted by molar-refractivity contribution is 4.87. The molecule has 0 aliphatic carbocycles.